The Morgan fingerprint density at radius 1 is 1.02 bits per heavy atom. The van der Waals surface area contributed by atoms with Crippen molar-refractivity contribution in [2.75, 3.05) is 41.0 Å². The van der Waals surface area contributed by atoms with Crippen LogP contribution in [-0.2, 0) is 10.0 Å². The quantitative estimate of drug-likeness (QED) is 0.213. The van der Waals surface area contributed by atoms with Crippen LogP contribution in [0.1, 0.15) is 48.6 Å². The van der Waals surface area contributed by atoms with Gasteiger partial charge in [-0.05, 0) is 100 Å². The summed E-state index contributed by atoms with van der Waals surface area (Å²) in [5.74, 6) is 0.393. The summed E-state index contributed by atoms with van der Waals surface area (Å²) in [5, 5.41) is 4.06. The first-order valence-electron chi connectivity index (χ1n) is 14.3. The van der Waals surface area contributed by atoms with Crippen molar-refractivity contribution in [1.29, 1.82) is 0 Å². The van der Waals surface area contributed by atoms with E-state index in [4.69, 9.17) is 17.0 Å². The molecule has 1 fully saturated rings. The van der Waals surface area contributed by atoms with E-state index >= 15 is 0 Å². The van der Waals surface area contributed by atoms with Gasteiger partial charge in [-0.2, -0.15) is 0 Å². The third kappa shape index (κ3) is 6.05. The van der Waals surface area contributed by atoms with Crippen LogP contribution in [0.15, 0.2) is 72.9 Å². The number of hydrogen-bond donors (Lipinski definition) is 2. The molecule has 11 heteroatoms. The number of nitrogens with zero attached hydrogens (tertiary/aromatic N) is 4. The highest BCUT2D eigenvalue weighted by molar-refractivity contribution is 7.92. The lowest BCUT2D eigenvalue weighted by atomic mass is 9.96. The third-order valence-corrected chi connectivity index (χ3v) is 8.79. The molecule has 0 aliphatic carbocycles. The Hall–Kier alpha value is -4.09. The van der Waals surface area contributed by atoms with Gasteiger partial charge in [0.1, 0.15) is 5.75 Å². The van der Waals surface area contributed by atoms with Crippen molar-refractivity contribution in [3.8, 4) is 11.4 Å². The molecular formula is C32H38N6O3S2. The van der Waals surface area contributed by atoms with Crippen LogP contribution in [0.4, 0.5) is 17.1 Å². The van der Waals surface area contributed by atoms with Gasteiger partial charge >= 0.3 is 0 Å². The van der Waals surface area contributed by atoms with Crippen molar-refractivity contribution in [3.63, 3.8) is 0 Å². The van der Waals surface area contributed by atoms with E-state index in [1.165, 1.54) is 12.8 Å². The zero-order chi connectivity index (χ0) is 30.9. The molecule has 4 aromatic rings. The third-order valence-electron chi connectivity index (χ3n) is 7.88. The molecule has 1 saturated heterocycles. The molecule has 1 aliphatic rings. The highest BCUT2D eigenvalue weighted by atomic mass is 32.2. The number of anilines is 3. The molecular weight excluding hydrogens is 581 g/mol. The van der Waals surface area contributed by atoms with Gasteiger partial charge in [0.05, 0.1) is 36.8 Å². The maximum Gasteiger partial charge on any atom is 0.229 e. The van der Waals surface area contributed by atoms with Gasteiger partial charge in [-0.3, -0.25) is 9.71 Å². The second kappa shape index (κ2) is 12.3. The molecule has 1 aliphatic heterocycles. The van der Waals surface area contributed by atoms with Gasteiger partial charge in [-0.25, -0.2) is 8.42 Å². The number of methoxy groups -OCH3 is 1. The fourth-order valence-corrected chi connectivity index (χ4v) is 6.86. The molecule has 3 heterocycles. The summed E-state index contributed by atoms with van der Waals surface area (Å²) in [5.41, 5.74) is 7.58. The monoisotopic (exact) mass is 618 g/mol. The van der Waals surface area contributed by atoms with E-state index in [-0.39, 0.29) is 12.1 Å². The number of aromatic nitrogens is 2. The topological polar surface area (TPSA) is 91.7 Å². The van der Waals surface area contributed by atoms with E-state index in [0.29, 0.717) is 16.5 Å². The summed E-state index contributed by atoms with van der Waals surface area (Å²) in [7, 11) is -1.98. The number of sulfonamides is 1. The number of thiocarbonyl (C=S) groups is 1. The van der Waals surface area contributed by atoms with Crippen molar-refractivity contribution in [3.05, 3.63) is 95.6 Å². The SMILES string of the molecule is CCN(CC)c1ccc(-n2c(C)cc([C@H]3[C@H](c4ccccn4)NC(=S)N3c3ccc(NS(C)(=O)=O)c(OC)c3)c2C)cc1. The predicted octanol–water partition coefficient (Wildman–Crippen LogP) is 5.89. The summed E-state index contributed by atoms with van der Waals surface area (Å²) >= 11 is 5.94. The van der Waals surface area contributed by atoms with Crippen molar-refractivity contribution < 1.29 is 13.2 Å². The summed E-state index contributed by atoms with van der Waals surface area (Å²) in [6, 6.07) is 21.7. The Labute approximate surface area is 259 Å². The molecule has 0 saturated carbocycles. The number of ether oxygens (including phenoxy) is 1. The largest absolute Gasteiger partial charge is 0.494 e. The lowest BCUT2D eigenvalue weighted by molar-refractivity contribution is 0.417. The molecule has 0 spiro atoms. The molecule has 0 amide bonds. The molecule has 0 unspecified atom stereocenters. The first-order chi connectivity index (χ1) is 20.6. The molecule has 43 heavy (non-hydrogen) atoms. The average molecular weight is 619 g/mol. The summed E-state index contributed by atoms with van der Waals surface area (Å²) in [6.45, 7) is 10.5. The minimum Gasteiger partial charge on any atom is -0.494 e. The first kappa shape index (κ1) is 30.4. The van der Waals surface area contributed by atoms with E-state index in [1.54, 1.807) is 18.3 Å². The number of hydrogen-bond acceptors (Lipinski definition) is 6. The Balaban J connectivity index is 1.62. The summed E-state index contributed by atoms with van der Waals surface area (Å²) in [4.78, 5) is 9.08. The Kier molecular flexibility index (Phi) is 8.66. The van der Waals surface area contributed by atoms with Crippen LogP contribution >= 0.6 is 12.2 Å². The van der Waals surface area contributed by atoms with E-state index in [2.05, 4.69) is 87.4 Å². The van der Waals surface area contributed by atoms with Gasteiger partial charge in [-0.1, -0.05) is 6.07 Å². The molecule has 2 aromatic carbocycles. The van der Waals surface area contributed by atoms with E-state index in [0.717, 1.165) is 53.4 Å². The maximum absolute atomic E-state index is 12.0. The molecule has 9 nitrogen and oxygen atoms in total. The van der Waals surface area contributed by atoms with Crippen LogP contribution in [0.2, 0.25) is 0 Å². The van der Waals surface area contributed by atoms with Crippen LogP contribution < -0.4 is 24.6 Å². The number of aryl methyl sites for hydroxylation is 1. The molecule has 0 radical (unpaired) electrons. The second-order valence-electron chi connectivity index (χ2n) is 10.6. The van der Waals surface area contributed by atoms with E-state index in [1.807, 2.05) is 24.3 Å². The van der Waals surface area contributed by atoms with Crippen LogP contribution in [-0.4, -0.2) is 49.5 Å². The normalized spacial score (nSPS) is 16.7. The number of rotatable bonds is 10. The van der Waals surface area contributed by atoms with Gasteiger partial charge in [-0.15, -0.1) is 0 Å². The lowest BCUT2D eigenvalue weighted by Crippen LogP contribution is -2.29. The zero-order valence-electron chi connectivity index (χ0n) is 25.3. The van der Waals surface area contributed by atoms with Crippen molar-refractivity contribution >= 4 is 44.4 Å². The van der Waals surface area contributed by atoms with E-state index in [9.17, 15) is 8.42 Å². The van der Waals surface area contributed by atoms with Gasteiger partial charge in [0, 0.05) is 53.8 Å². The summed E-state index contributed by atoms with van der Waals surface area (Å²) in [6.07, 6.45) is 2.90. The Morgan fingerprint density at radius 3 is 2.33 bits per heavy atom. The smallest absolute Gasteiger partial charge is 0.229 e. The van der Waals surface area contributed by atoms with Crippen molar-refractivity contribution in [2.45, 2.75) is 39.8 Å². The van der Waals surface area contributed by atoms with Crippen molar-refractivity contribution in [1.82, 2.24) is 14.9 Å². The minimum atomic E-state index is -3.49. The highest BCUT2D eigenvalue weighted by Crippen LogP contribution is 2.45. The van der Waals surface area contributed by atoms with E-state index < -0.39 is 10.0 Å². The maximum atomic E-state index is 12.0. The molecule has 2 N–H and O–H groups in total. The average Bonchev–Trinajstić information content (AvgIpc) is 3.48. The standard InChI is InChI=1S/C32H38N6O3S2/c1-7-36(8-2)23-12-14-24(15-13-23)37-21(3)19-26(22(37)4)31-30(28-11-9-10-18-33-28)34-32(42)38(31)25-16-17-27(29(20-25)41-5)35-43(6,39)40/h9-20,30-31,35H,7-8H2,1-6H3,(H,34,42)/t30-,31-/m0/s1. The molecule has 0 bridgehead atoms. The van der Waals surface area contributed by atoms with Gasteiger partial charge in [0.2, 0.25) is 10.0 Å². The van der Waals surface area contributed by atoms with Crippen LogP contribution in [0.25, 0.3) is 5.69 Å². The predicted molar refractivity (Wildman–Crippen MR) is 178 cm³/mol. The van der Waals surface area contributed by atoms with Gasteiger partial charge in [0.15, 0.2) is 5.11 Å². The van der Waals surface area contributed by atoms with Gasteiger partial charge < -0.3 is 24.4 Å². The lowest BCUT2D eigenvalue weighted by Gasteiger charge is -2.29. The number of nitrogens with one attached hydrogen (secondary N) is 2. The molecule has 2 atom stereocenters. The zero-order valence-corrected chi connectivity index (χ0v) is 27.0. The number of benzene rings is 2. The Morgan fingerprint density at radius 2 is 1.72 bits per heavy atom. The van der Waals surface area contributed by atoms with Crippen LogP contribution in [0, 0.1) is 13.8 Å². The fourth-order valence-electron chi connectivity index (χ4n) is 5.95. The molecule has 2 aromatic heterocycles. The van der Waals surface area contributed by atoms with Crippen molar-refractivity contribution in [2.24, 2.45) is 0 Å². The fraction of sp³-hybridized carbons (Fsp3) is 0.312. The van der Waals surface area contributed by atoms with Crippen LogP contribution in [0.5, 0.6) is 5.75 Å². The highest BCUT2D eigenvalue weighted by Gasteiger charge is 2.42. The second-order valence-corrected chi connectivity index (χ2v) is 12.7. The number of pyridine rings is 1. The molecule has 5 rings (SSSR count). The minimum absolute atomic E-state index is 0.229. The first-order valence-corrected chi connectivity index (χ1v) is 16.6. The molecule has 226 valence electrons. The Bertz CT molecular complexity index is 1720. The van der Waals surface area contributed by atoms with Crippen LogP contribution in [0.3, 0.4) is 0 Å². The summed E-state index contributed by atoms with van der Waals surface area (Å²) < 4.78 is 34.3. The van der Waals surface area contributed by atoms with Gasteiger partial charge in [0.25, 0.3) is 0 Å².